The summed E-state index contributed by atoms with van der Waals surface area (Å²) in [5.41, 5.74) is 0.823. The van der Waals surface area contributed by atoms with Crippen LogP contribution in [0.25, 0.3) is 0 Å². The van der Waals surface area contributed by atoms with Gasteiger partial charge < -0.3 is 14.6 Å². The van der Waals surface area contributed by atoms with E-state index in [1.165, 1.54) is 12.7 Å². The molecule has 5 nitrogen and oxygen atoms in total. The third-order valence-corrected chi connectivity index (χ3v) is 7.60. The fourth-order valence-corrected chi connectivity index (χ4v) is 5.49. The molecule has 0 aromatic heterocycles. The first kappa shape index (κ1) is 19.4. The Balaban J connectivity index is 1.84. The van der Waals surface area contributed by atoms with Gasteiger partial charge in [-0.3, -0.25) is 9.59 Å². The highest BCUT2D eigenvalue weighted by molar-refractivity contribution is 5.78. The predicted octanol–water partition coefficient (Wildman–Crippen LogP) is 3.25. The predicted molar refractivity (Wildman–Crippen MR) is 97.1 cm³/mol. The van der Waals surface area contributed by atoms with Crippen molar-refractivity contribution in [1.29, 1.82) is 0 Å². The number of aliphatic hydroxyl groups excluding tert-OH is 1. The maximum absolute atomic E-state index is 12.5. The normalized spacial score (nSPS) is 42.7. The van der Waals surface area contributed by atoms with E-state index in [1.807, 2.05) is 6.92 Å². The number of aliphatic hydroxyl groups is 1. The van der Waals surface area contributed by atoms with Gasteiger partial charge in [-0.25, -0.2) is 0 Å². The molecular weight excluding hydrogens is 332 g/mol. The van der Waals surface area contributed by atoms with Crippen LogP contribution in [0.4, 0.5) is 0 Å². The van der Waals surface area contributed by atoms with E-state index in [0.717, 1.165) is 32.1 Å². The zero-order chi connectivity index (χ0) is 19.1. The Labute approximate surface area is 156 Å². The minimum Gasteiger partial charge on any atom is -0.469 e. The van der Waals surface area contributed by atoms with Gasteiger partial charge in [-0.15, -0.1) is 0 Å². The summed E-state index contributed by atoms with van der Waals surface area (Å²) < 4.78 is 10.1. The van der Waals surface area contributed by atoms with E-state index in [4.69, 9.17) is 9.47 Å². The van der Waals surface area contributed by atoms with E-state index < -0.39 is 17.4 Å². The van der Waals surface area contributed by atoms with E-state index in [-0.39, 0.29) is 29.9 Å². The third-order valence-electron chi connectivity index (χ3n) is 7.60. The minimum atomic E-state index is -0.693. The third kappa shape index (κ3) is 2.98. The molecule has 2 fully saturated rings. The molecule has 1 aliphatic heterocycles. The molecule has 1 heterocycles. The van der Waals surface area contributed by atoms with Gasteiger partial charge in [-0.2, -0.15) is 0 Å². The lowest BCUT2D eigenvalue weighted by molar-refractivity contribution is -0.156. The monoisotopic (exact) mass is 364 g/mol. The van der Waals surface area contributed by atoms with Crippen LogP contribution in [-0.4, -0.2) is 36.9 Å². The molecule has 0 unspecified atom stereocenters. The Morgan fingerprint density at radius 1 is 1.38 bits per heavy atom. The molecule has 146 valence electrons. The van der Waals surface area contributed by atoms with Crippen LogP contribution in [0.5, 0.6) is 0 Å². The number of rotatable bonds is 4. The lowest BCUT2D eigenvalue weighted by Gasteiger charge is -2.53. The number of ether oxygens (including phenoxy) is 2. The SMILES string of the molecule is COC(=O)[C@@]1(C)CCC=C2[C@@H]1CC[C@@H](C)[C@]2(C)CC[C@@H]1C(=O)OC[C@H]1O. The Hall–Kier alpha value is -1.36. The average molecular weight is 364 g/mol. The zero-order valence-corrected chi connectivity index (χ0v) is 16.4. The number of hydrogen-bond donors (Lipinski definition) is 1. The molecule has 26 heavy (non-hydrogen) atoms. The van der Waals surface area contributed by atoms with Crippen molar-refractivity contribution in [2.45, 2.75) is 65.4 Å². The van der Waals surface area contributed by atoms with Gasteiger partial charge in [0.1, 0.15) is 12.7 Å². The molecular formula is C21H32O5. The summed E-state index contributed by atoms with van der Waals surface area (Å²) in [5, 5.41) is 10.0. The topological polar surface area (TPSA) is 72.8 Å². The molecule has 0 amide bonds. The summed E-state index contributed by atoms with van der Waals surface area (Å²) in [7, 11) is 1.48. The molecule has 1 N–H and O–H groups in total. The van der Waals surface area contributed by atoms with Crippen molar-refractivity contribution < 1.29 is 24.2 Å². The van der Waals surface area contributed by atoms with Crippen LogP contribution >= 0.6 is 0 Å². The fraction of sp³-hybridized carbons (Fsp3) is 0.810. The minimum absolute atomic E-state index is 0.0682. The van der Waals surface area contributed by atoms with Gasteiger partial charge in [0.25, 0.3) is 0 Å². The van der Waals surface area contributed by atoms with Gasteiger partial charge in [-0.05, 0) is 62.7 Å². The van der Waals surface area contributed by atoms with Crippen LogP contribution in [0.15, 0.2) is 11.6 Å². The van der Waals surface area contributed by atoms with Gasteiger partial charge in [0.15, 0.2) is 0 Å². The molecule has 5 heteroatoms. The summed E-state index contributed by atoms with van der Waals surface area (Å²) in [4.78, 5) is 24.4. The number of esters is 2. The van der Waals surface area contributed by atoms with Gasteiger partial charge in [0.05, 0.1) is 18.4 Å². The summed E-state index contributed by atoms with van der Waals surface area (Å²) in [6.45, 7) is 6.70. The maximum atomic E-state index is 12.5. The first-order valence-corrected chi connectivity index (χ1v) is 9.87. The lowest BCUT2D eigenvalue weighted by Crippen LogP contribution is -2.48. The molecule has 6 atom stereocenters. The molecule has 2 aliphatic carbocycles. The van der Waals surface area contributed by atoms with Crippen molar-refractivity contribution in [3.8, 4) is 0 Å². The van der Waals surface area contributed by atoms with E-state index in [9.17, 15) is 14.7 Å². The number of allylic oxidation sites excluding steroid dienone is 2. The first-order valence-electron chi connectivity index (χ1n) is 9.87. The van der Waals surface area contributed by atoms with Gasteiger partial charge >= 0.3 is 11.9 Å². The molecule has 1 saturated carbocycles. The number of methoxy groups -OCH3 is 1. The van der Waals surface area contributed by atoms with E-state index in [1.54, 1.807) is 0 Å². The molecule has 3 rings (SSSR count). The Bertz CT molecular complexity index is 612. The Morgan fingerprint density at radius 3 is 2.73 bits per heavy atom. The fourth-order valence-electron chi connectivity index (χ4n) is 5.49. The molecule has 1 saturated heterocycles. The van der Waals surface area contributed by atoms with Crippen LogP contribution in [0.3, 0.4) is 0 Å². The summed E-state index contributed by atoms with van der Waals surface area (Å²) in [5.74, 6) is -0.140. The van der Waals surface area contributed by atoms with Crippen molar-refractivity contribution in [1.82, 2.24) is 0 Å². The molecule has 0 radical (unpaired) electrons. The number of carbonyl (C=O) groups excluding carboxylic acids is 2. The first-order chi connectivity index (χ1) is 12.2. The quantitative estimate of drug-likeness (QED) is 0.612. The summed E-state index contributed by atoms with van der Waals surface area (Å²) >= 11 is 0. The van der Waals surface area contributed by atoms with Crippen molar-refractivity contribution in [2.75, 3.05) is 13.7 Å². The molecule has 0 bridgehead atoms. The van der Waals surface area contributed by atoms with Crippen LogP contribution in [-0.2, 0) is 19.1 Å². The van der Waals surface area contributed by atoms with E-state index >= 15 is 0 Å². The highest BCUT2D eigenvalue weighted by atomic mass is 16.6. The second-order valence-electron chi connectivity index (χ2n) is 8.90. The van der Waals surface area contributed by atoms with Crippen LogP contribution in [0, 0.1) is 28.6 Å². The smallest absolute Gasteiger partial charge is 0.312 e. The number of hydrogen-bond acceptors (Lipinski definition) is 5. The molecule has 0 aromatic rings. The second-order valence-corrected chi connectivity index (χ2v) is 8.90. The Kier molecular flexibility index (Phi) is 5.22. The van der Waals surface area contributed by atoms with Gasteiger partial charge in [-0.1, -0.05) is 25.5 Å². The highest BCUT2D eigenvalue weighted by Crippen LogP contribution is 2.58. The van der Waals surface area contributed by atoms with Gasteiger partial charge in [0, 0.05) is 0 Å². The molecule has 0 aromatic carbocycles. The second kappa shape index (κ2) is 6.99. The standard InChI is InChI=1S/C21H32O5/c1-13-7-8-16-15(6-5-10-21(16,3)19(24)25-4)20(13,2)11-9-14-17(22)12-26-18(14)23/h6,13-14,16-17,22H,5,7-12H2,1-4H3/t13-,14+,16+,17-,20+,21+/m1/s1. The van der Waals surface area contributed by atoms with Gasteiger partial charge in [0.2, 0.25) is 0 Å². The van der Waals surface area contributed by atoms with Crippen LogP contribution < -0.4 is 0 Å². The summed E-state index contributed by atoms with van der Waals surface area (Å²) in [6, 6.07) is 0. The van der Waals surface area contributed by atoms with E-state index in [0.29, 0.717) is 12.3 Å². The Morgan fingerprint density at radius 2 is 2.12 bits per heavy atom. The average Bonchev–Trinajstić information content (AvgIpc) is 2.94. The summed E-state index contributed by atoms with van der Waals surface area (Å²) in [6.07, 6.45) is 6.85. The molecule has 0 spiro atoms. The number of cyclic esters (lactones) is 1. The van der Waals surface area contributed by atoms with Crippen molar-refractivity contribution in [3.63, 3.8) is 0 Å². The molecule has 3 aliphatic rings. The number of carbonyl (C=O) groups is 2. The maximum Gasteiger partial charge on any atom is 0.312 e. The highest BCUT2D eigenvalue weighted by Gasteiger charge is 2.53. The van der Waals surface area contributed by atoms with Crippen molar-refractivity contribution >= 4 is 11.9 Å². The van der Waals surface area contributed by atoms with Crippen LogP contribution in [0.1, 0.15) is 59.3 Å². The van der Waals surface area contributed by atoms with Crippen molar-refractivity contribution in [3.05, 3.63) is 11.6 Å². The van der Waals surface area contributed by atoms with Crippen molar-refractivity contribution in [2.24, 2.45) is 28.6 Å². The zero-order valence-electron chi connectivity index (χ0n) is 16.4. The lowest BCUT2D eigenvalue weighted by atomic mass is 9.51. The van der Waals surface area contributed by atoms with Crippen LogP contribution in [0.2, 0.25) is 0 Å². The van der Waals surface area contributed by atoms with E-state index in [2.05, 4.69) is 19.9 Å². The largest absolute Gasteiger partial charge is 0.469 e. The number of fused-ring (bicyclic) bond motifs is 1.